The highest BCUT2D eigenvalue weighted by Crippen LogP contribution is 2.59. The van der Waals surface area contributed by atoms with Crippen molar-refractivity contribution in [2.45, 2.75) is 71.6 Å². The average Bonchev–Trinajstić information content (AvgIpc) is 3.90. The van der Waals surface area contributed by atoms with E-state index in [4.69, 9.17) is 0 Å². The molecule has 0 saturated carbocycles. The van der Waals surface area contributed by atoms with Crippen molar-refractivity contribution in [2.24, 2.45) is 0 Å². The molecule has 0 saturated heterocycles. The molecule has 8 aromatic carbocycles. The lowest BCUT2D eigenvalue weighted by Crippen LogP contribution is -2.18. The van der Waals surface area contributed by atoms with E-state index in [1.165, 1.54) is 24.3 Å². The van der Waals surface area contributed by atoms with Crippen LogP contribution in [0.5, 0.6) is 0 Å². The van der Waals surface area contributed by atoms with Gasteiger partial charge in [0.1, 0.15) is 0 Å². The molecular weight excluding hydrogens is 865 g/mol. The second-order valence-corrected chi connectivity index (χ2v) is 19.8. The third-order valence-corrected chi connectivity index (χ3v) is 13.8. The van der Waals surface area contributed by atoms with Crippen LogP contribution in [0.1, 0.15) is 73.6 Å². The molecule has 11 rings (SSSR count). The van der Waals surface area contributed by atoms with Gasteiger partial charge in [0.2, 0.25) is 0 Å². The van der Waals surface area contributed by atoms with E-state index < -0.39 is 28.9 Å². The van der Waals surface area contributed by atoms with E-state index in [0.717, 1.165) is 71.6 Å². The molecule has 1 aliphatic carbocycles. The third-order valence-electron chi connectivity index (χ3n) is 13.8. The number of hydrogen-bond acceptors (Lipinski definition) is 2. The Labute approximate surface area is 390 Å². The third kappa shape index (κ3) is 6.64. The highest BCUT2D eigenvalue weighted by molar-refractivity contribution is 6.30. The number of rotatable bonds is 6. The van der Waals surface area contributed by atoms with Crippen LogP contribution in [-0.4, -0.2) is 4.40 Å². The summed E-state index contributed by atoms with van der Waals surface area (Å²) in [7, 11) is 0. The monoisotopic (exact) mass is 911 g/mol. The van der Waals surface area contributed by atoms with Crippen molar-refractivity contribution in [2.75, 3.05) is 9.80 Å². The molecule has 0 amide bonds. The first kappa shape index (κ1) is 43.3. The van der Waals surface area contributed by atoms with Crippen molar-refractivity contribution in [1.29, 1.82) is 0 Å². The van der Waals surface area contributed by atoms with Crippen LogP contribution in [0.4, 0.5) is 60.5 Å². The van der Waals surface area contributed by atoms with E-state index >= 15 is 0 Å². The Morgan fingerprint density at radius 2 is 1.00 bits per heavy atom. The number of aromatic nitrogens is 1. The lowest BCUT2D eigenvalue weighted by atomic mass is 9.79. The van der Waals surface area contributed by atoms with Crippen molar-refractivity contribution in [3.05, 3.63) is 197 Å². The van der Waals surface area contributed by atoms with Gasteiger partial charge in [-0.2, -0.15) is 26.3 Å². The molecule has 2 aromatic heterocycles. The smallest absolute Gasteiger partial charge is 0.310 e. The maximum atomic E-state index is 14.7. The Morgan fingerprint density at radius 1 is 0.471 bits per heavy atom. The second kappa shape index (κ2) is 14.9. The lowest BCUT2D eigenvalue weighted by molar-refractivity contribution is -0.138. The highest BCUT2D eigenvalue weighted by Gasteiger charge is 2.44. The number of alkyl halides is 6. The van der Waals surface area contributed by atoms with Crippen molar-refractivity contribution in [1.82, 2.24) is 4.40 Å². The van der Waals surface area contributed by atoms with Crippen LogP contribution < -0.4 is 9.80 Å². The minimum atomic E-state index is -4.58. The molecule has 10 aromatic rings. The number of hydrogen-bond donors (Lipinski definition) is 0. The summed E-state index contributed by atoms with van der Waals surface area (Å²) < 4.78 is 90.3. The number of nitrogens with zero attached hydrogens (tertiary/aromatic N) is 3. The molecule has 9 heteroatoms. The zero-order valence-electron chi connectivity index (χ0n) is 38.6. The standard InChI is InChI=1S/C59H47F6N3/c1-34-26-37(58(60,61)62)30-41(28-34)66(39-16-10-8-11-17-39)48-25-23-45-51-44-21-15-14-20-43(44)49(67(40-18-12-9-13-19-40)42-29-35(2)27-38(31-42)59(63,64)65)33-50(51)68-54(45)52(48)53-55(68)46-32-36(56(3,4)5)22-24-47(46)57(53,6)7/h8-33H,1-7H3. The fourth-order valence-electron chi connectivity index (χ4n) is 10.9. The van der Waals surface area contributed by atoms with Gasteiger partial charge in [-0.25, -0.2) is 0 Å². The van der Waals surface area contributed by atoms with E-state index in [1.54, 1.807) is 26.0 Å². The molecule has 0 N–H and O–H groups in total. The van der Waals surface area contributed by atoms with Crippen molar-refractivity contribution in [3.63, 3.8) is 0 Å². The van der Waals surface area contributed by atoms with E-state index in [9.17, 15) is 26.3 Å². The molecule has 0 fully saturated rings. The van der Waals surface area contributed by atoms with Crippen molar-refractivity contribution >= 4 is 72.1 Å². The summed E-state index contributed by atoms with van der Waals surface area (Å²) in [6.07, 6.45) is -9.16. The zero-order chi connectivity index (χ0) is 47.8. The molecule has 1 aliphatic rings. The summed E-state index contributed by atoms with van der Waals surface area (Å²) in [6.45, 7) is 14.4. The van der Waals surface area contributed by atoms with Gasteiger partial charge in [-0.15, -0.1) is 0 Å². The van der Waals surface area contributed by atoms with Crippen LogP contribution in [0.2, 0.25) is 0 Å². The van der Waals surface area contributed by atoms with Gasteiger partial charge in [0.05, 0.1) is 39.2 Å². The van der Waals surface area contributed by atoms with Crippen LogP contribution in [-0.2, 0) is 23.2 Å². The average molecular weight is 912 g/mol. The maximum absolute atomic E-state index is 14.7. The molecule has 2 heterocycles. The van der Waals surface area contributed by atoms with Crippen molar-refractivity contribution in [3.8, 4) is 11.3 Å². The Hall–Kier alpha value is -7.26. The Morgan fingerprint density at radius 3 is 1.54 bits per heavy atom. The van der Waals surface area contributed by atoms with Gasteiger partial charge in [-0.3, -0.25) is 0 Å². The lowest BCUT2D eigenvalue weighted by Gasteiger charge is -2.29. The van der Waals surface area contributed by atoms with Gasteiger partial charge in [-0.1, -0.05) is 113 Å². The first-order valence-electron chi connectivity index (χ1n) is 22.7. The number of aryl methyl sites for hydroxylation is 2. The quantitative estimate of drug-likeness (QED) is 0.154. The van der Waals surface area contributed by atoms with Crippen LogP contribution in [0, 0.1) is 13.8 Å². The summed E-state index contributed by atoms with van der Waals surface area (Å²) in [6, 6.07) is 48.4. The number of halogens is 6. The fraction of sp³-hybridized carbons (Fsp3) is 0.186. The molecule has 0 spiro atoms. The van der Waals surface area contributed by atoms with E-state index in [1.807, 2.05) is 94.7 Å². The van der Waals surface area contributed by atoms with Crippen molar-refractivity contribution < 1.29 is 26.3 Å². The predicted octanol–water partition coefficient (Wildman–Crippen LogP) is 18.0. The second-order valence-electron chi connectivity index (χ2n) is 19.8. The molecule has 3 nitrogen and oxygen atoms in total. The number of benzene rings is 8. The molecule has 0 radical (unpaired) electrons. The molecule has 0 atom stereocenters. The van der Waals surface area contributed by atoms with Gasteiger partial charge in [0.15, 0.2) is 0 Å². The largest absolute Gasteiger partial charge is 0.416 e. The summed E-state index contributed by atoms with van der Waals surface area (Å²) in [5.74, 6) is 0. The summed E-state index contributed by atoms with van der Waals surface area (Å²) in [4.78, 5) is 3.87. The maximum Gasteiger partial charge on any atom is 0.416 e. The van der Waals surface area contributed by atoms with Gasteiger partial charge >= 0.3 is 12.4 Å². The van der Waals surface area contributed by atoms with Gasteiger partial charge in [0.25, 0.3) is 0 Å². The van der Waals surface area contributed by atoms with E-state index in [2.05, 4.69) is 75.4 Å². The number of fused-ring (bicyclic) bond motifs is 10. The van der Waals surface area contributed by atoms with Crippen LogP contribution in [0.15, 0.2) is 158 Å². The first-order valence-corrected chi connectivity index (χ1v) is 22.7. The summed E-state index contributed by atoms with van der Waals surface area (Å²) in [5.41, 5.74) is 9.37. The highest BCUT2D eigenvalue weighted by atomic mass is 19.4. The predicted molar refractivity (Wildman–Crippen MR) is 266 cm³/mol. The molecule has 0 unspecified atom stereocenters. The topological polar surface area (TPSA) is 10.9 Å². The summed E-state index contributed by atoms with van der Waals surface area (Å²) >= 11 is 0. The molecule has 0 aliphatic heterocycles. The van der Waals surface area contributed by atoms with E-state index in [-0.39, 0.29) is 5.41 Å². The minimum absolute atomic E-state index is 0.193. The zero-order valence-corrected chi connectivity index (χ0v) is 38.6. The number of anilines is 6. The van der Waals surface area contributed by atoms with Crippen LogP contribution in [0.25, 0.3) is 49.2 Å². The van der Waals surface area contributed by atoms with Gasteiger partial charge in [-0.05, 0) is 131 Å². The Bertz CT molecular complexity index is 3630. The SMILES string of the molecule is Cc1cc(N(c2ccccc2)c2cc3c(c4ccccc24)c2ccc(N(c4ccccc4)c4cc(C)cc(C(F)(F)F)c4)c4c5c(n3c42)-c2cc(C(C)(C)C)ccc2C5(C)C)cc(C(F)(F)F)c1. The first-order chi connectivity index (χ1) is 32.2. The Balaban J connectivity index is 1.33. The van der Waals surface area contributed by atoms with E-state index in [0.29, 0.717) is 39.6 Å². The van der Waals surface area contributed by atoms with Crippen LogP contribution in [0.3, 0.4) is 0 Å². The van der Waals surface area contributed by atoms with Crippen LogP contribution >= 0.6 is 0 Å². The van der Waals surface area contributed by atoms with Gasteiger partial charge in [0, 0.05) is 55.3 Å². The molecule has 68 heavy (non-hydrogen) atoms. The summed E-state index contributed by atoms with van der Waals surface area (Å²) in [5, 5.41) is 4.57. The normalized spacial score (nSPS) is 13.8. The van der Waals surface area contributed by atoms with Gasteiger partial charge < -0.3 is 14.2 Å². The molecule has 0 bridgehead atoms. The Kier molecular flexibility index (Phi) is 9.47. The fourth-order valence-corrected chi connectivity index (χ4v) is 10.9. The molecular formula is C59H47F6N3. The molecule has 340 valence electrons. The number of para-hydroxylation sites is 2. The minimum Gasteiger partial charge on any atom is -0.310 e.